The molecule has 0 aliphatic carbocycles. The fourth-order valence-electron chi connectivity index (χ4n) is 1.85. The van der Waals surface area contributed by atoms with Crippen molar-refractivity contribution in [1.29, 1.82) is 0 Å². The smallest absolute Gasteiger partial charge is 0.227 e. The maximum absolute atomic E-state index is 5.94. The lowest BCUT2D eigenvalue weighted by Crippen LogP contribution is -2.09. The van der Waals surface area contributed by atoms with E-state index in [4.69, 9.17) is 10.2 Å². The SMILES string of the molecule is Bc1cc2c(oc3ncccc32)c(Br)c1N. The number of furan rings is 1. The molecule has 3 rings (SSSR count). The maximum Gasteiger partial charge on any atom is 0.227 e. The number of nitrogens with zero attached hydrogens (tertiary/aromatic N) is 1. The topological polar surface area (TPSA) is 52.0 Å². The molecule has 2 aromatic heterocycles. The van der Waals surface area contributed by atoms with Crippen molar-refractivity contribution in [3.8, 4) is 0 Å². The summed E-state index contributed by atoms with van der Waals surface area (Å²) in [5.74, 6) is 0. The lowest BCUT2D eigenvalue weighted by molar-refractivity contribution is 0.652. The molecule has 0 aliphatic rings. The molecule has 1 aromatic carbocycles. The van der Waals surface area contributed by atoms with Gasteiger partial charge in [0.05, 0.1) is 4.47 Å². The fraction of sp³-hybridized carbons (Fsp3) is 0. The summed E-state index contributed by atoms with van der Waals surface area (Å²) in [6.07, 6.45) is 1.72. The third-order valence-corrected chi connectivity index (χ3v) is 3.51. The molecule has 0 radical (unpaired) electrons. The van der Waals surface area contributed by atoms with Gasteiger partial charge in [0.2, 0.25) is 5.71 Å². The minimum atomic E-state index is 0.642. The van der Waals surface area contributed by atoms with Crippen molar-refractivity contribution >= 4 is 57.0 Å². The first-order chi connectivity index (χ1) is 7.68. The second-order valence-electron chi connectivity index (χ2n) is 3.76. The van der Waals surface area contributed by atoms with Crippen molar-refractivity contribution in [2.24, 2.45) is 0 Å². The van der Waals surface area contributed by atoms with Crippen LogP contribution in [0.25, 0.3) is 22.1 Å². The summed E-state index contributed by atoms with van der Waals surface area (Å²) in [6, 6.07) is 5.93. The van der Waals surface area contributed by atoms with Crippen LogP contribution in [0, 0.1) is 0 Å². The molecule has 0 atom stereocenters. The van der Waals surface area contributed by atoms with Gasteiger partial charge in [-0.25, -0.2) is 4.98 Å². The zero-order valence-corrected chi connectivity index (χ0v) is 10.2. The maximum atomic E-state index is 5.94. The Morgan fingerprint density at radius 2 is 2.19 bits per heavy atom. The lowest BCUT2D eigenvalue weighted by Gasteiger charge is -2.02. The number of hydrogen-bond acceptors (Lipinski definition) is 3. The highest BCUT2D eigenvalue weighted by molar-refractivity contribution is 9.10. The van der Waals surface area contributed by atoms with Crippen LogP contribution in [0.1, 0.15) is 0 Å². The van der Waals surface area contributed by atoms with E-state index in [0.717, 1.165) is 26.3 Å². The van der Waals surface area contributed by atoms with Crippen molar-refractivity contribution in [2.75, 3.05) is 5.73 Å². The first-order valence-electron chi connectivity index (χ1n) is 4.90. The van der Waals surface area contributed by atoms with Gasteiger partial charge in [-0.2, -0.15) is 0 Å². The Kier molecular flexibility index (Phi) is 1.98. The number of anilines is 1. The number of fused-ring (bicyclic) bond motifs is 3. The normalized spacial score (nSPS) is 11.3. The molecule has 0 aliphatic heterocycles. The van der Waals surface area contributed by atoms with E-state index in [1.54, 1.807) is 6.20 Å². The first-order valence-corrected chi connectivity index (χ1v) is 5.69. The Bertz CT molecular complexity index is 708. The standard InChI is InChI=1S/C11H8BBrN2O/c12-7-4-6-5-2-1-3-15-11(5)16-10(6)8(13)9(7)14/h1-4H,12,14H2. The van der Waals surface area contributed by atoms with Crippen LogP contribution in [0.15, 0.2) is 33.3 Å². The number of pyridine rings is 1. The first kappa shape index (κ1) is 9.72. The summed E-state index contributed by atoms with van der Waals surface area (Å²) in [5, 5.41) is 2.06. The Morgan fingerprint density at radius 1 is 1.38 bits per heavy atom. The van der Waals surface area contributed by atoms with Gasteiger partial charge in [0.15, 0.2) is 5.58 Å². The highest BCUT2D eigenvalue weighted by Gasteiger charge is 2.13. The van der Waals surface area contributed by atoms with Gasteiger partial charge in [0.25, 0.3) is 0 Å². The van der Waals surface area contributed by atoms with Crippen molar-refractivity contribution in [3.63, 3.8) is 0 Å². The third kappa shape index (κ3) is 1.18. The molecule has 78 valence electrons. The number of aromatic nitrogens is 1. The van der Waals surface area contributed by atoms with Gasteiger partial charge in [0.1, 0.15) is 7.85 Å². The van der Waals surface area contributed by atoms with Crippen LogP contribution in [-0.4, -0.2) is 12.8 Å². The Hall–Kier alpha value is -1.49. The van der Waals surface area contributed by atoms with E-state index >= 15 is 0 Å². The average molecular weight is 275 g/mol. The molecule has 16 heavy (non-hydrogen) atoms. The number of halogens is 1. The van der Waals surface area contributed by atoms with E-state index in [9.17, 15) is 0 Å². The summed E-state index contributed by atoms with van der Waals surface area (Å²) < 4.78 is 6.49. The van der Waals surface area contributed by atoms with Gasteiger partial charge >= 0.3 is 0 Å². The monoisotopic (exact) mass is 274 g/mol. The predicted molar refractivity (Wildman–Crippen MR) is 71.8 cm³/mol. The highest BCUT2D eigenvalue weighted by Crippen LogP contribution is 2.34. The number of rotatable bonds is 0. The summed E-state index contributed by atoms with van der Waals surface area (Å²) >= 11 is 3.46. The molecule has 0 unspecified atom stereocenters. The zero-order chi connectivity index (χ0) is 11.3. The Morgan fingerprint density at radius 3 is 3.00 bits per heavy atom. The van der Waals surface area contributed by atoms with Crippen molar-refractivity contribution in [1.82, 2.24) is 4.98 Å². The highest BCUT2D eigenvalue weighted by atomic mass is 79.9. The van der Waals surface area contributed by atoms with Crippen molar-refractivity contribution < 1.29 is 4.42 Å². The van der Waals surface area contributed by atoms with Gasteiger partial charge in [0, 0.05) is 22.7 Å². The number of nitrogens with two attached hydrogens (primary N) is 1. The summed E-state index contributed by atoms with van der Waals surface area (Å²) in [7, 11) is 1.98. The van der Waals surface area contributed by atoms with Crippen LogP contribution < -0.4 is 11.2 Å². The number of hydrogen-bond donors (Lipinski definition) is 1. The van der Waals surface area contributed by atoms with E-state index in [0.29, 0.717) is 11.4 Å². The van der Waals surface area contributed by atoms with E-state index in [1.165, 1.54) is 0 Å². The van der Waals surface area contributed by atoms with E-state index < -0.39 is 0 Å². The van der Waals surface area contributed by atoms with Gasteiger partial charge in [-0.3, -0.25) is 0 Å². The van der Waals surface area contributed by atoms with Crippen molar-refractivity contribution in [3.05, 3.63) is 28.9 Å². The fourth-order valence-corrected chi connectivity index (χ4v) is 2.45. The van der Waals surface area contributed by atoms with E-state index in [2.05, 4.69) is 20.9 Å². The summed E-state index contributed by atoms with van der Waals surface area (Å²) in [6.45, 7) is 0. The van der Waals surface area contributed by atoms with Crippen LogP contribution in [0.3, 0.4) is 0 Å². The largest absolute Gasteiger partial charge is 0.436 e. The second kappa shape index (κ2) is 3.25. The number of benzene rings is 1. The van der Waals surface area contributed by atoms with Crippen LogP contribution >= 0.6 is 15.9 Å². The van der Waals surface area contributed by atoms with Crippen LogP contribution in [0.5, 0.6) is 0 Å². The quantitative estimate of drug-likeness (QED) is 0.500. The average Bonchev–Trinajstić information content (AvgIpc) is 2.65. The lowest BCUT2D eigenvalue weighted by atomic mass is 9.92. The molecule has 0 amide bonds. The molecular weight excluding hydrogens is 267 g/mol. The van der Waals surface area contributed by atoms with Crippen LogP contribution in [0.2, 0.25) is 0 Å². The Balaban J connectivity index is 2.60. The molecule has 0 saturated heterocycles. The molecule has 5 heteroatoms. The van der Waals surface area contributed by atoms with Crippen LogP contribution in [0.4, 0.5) is 5.69 Å². The minimum Gasteiger partial charge on any atom is -0.436 e. The zero-order valence-electron chi connectivity index (χ0n) is 8.62. The van der Waals surface area contributed by atoms with Crippen LogP contribution in [-0.2, 0) is 0 Å². The molecule has 0 spiro atoms. The molecule has 0 bridgehead atoms. The van der Waals surface area contributed by atoms with Gasteiger partial charge < -0.3 is 10.2 Å². The molecule has 2 heterocycles. The summed E-state index contributed by atoms with van der Waals surface area (Å²) in [5.41, 5.74) is 9.09. The molecule has 0 saturated carbocycles. The molecule has 3 aromatic rings. The summed E-state index contributed by atoms with van der Waals surface area (Å²) in [4.78, 5) is 4.19. The number of nitrogen functional groups attached to an aromatic ring is 1. The van der Waals surface area contributed by atoms with E-state index in [-0.39, 0.29) is 0 Å². The second-order valence-corrected chi connectivity index (χ2v) is 4.55. The third-order valence-electron chi connectivity index (χ3n) is 2.73. The van der Waals surface area contributed by atoms with Gasteiger partial charge in [-0.05, 0) is 28.1 Å². The van der Waals surface area contributed by atoms with Gasteiger partial charge in [-0.1, -0.05) is 11.5 Å². The van der Waals surface area contributed by atoms with E-state index in [1.807, 2.05) is 26.0 Å². The van der Waals surface area contributed by atoms with Gasteiger partial charge in [-0.15, -0.1) is 0 Å². The molecular formula is C11H8BBrN2O. The minimum absolute atomic E-state index is 0.642. The Labute approximate surface area is 101 Å². The predicted octanol–water partition coefficient (Wildman–Crippen LogP) is 1.58. The molecule has 3 nitrogen and oxygen atoms in total. The van der Waals surface area contributed by atoms with Crippen molar-refractivity contribution in [2.45, 2.75) is 0 Å². The molecule has 0 fully saturated rings. The molecule has 2 N–H and O–H groups in total.